The lowest BCUT2D eigenvalue weighted by Crippen LogP contribution is -2.25. The molecular formula is C20H19FN8O2. The van der Waals surface area contributed by atoms with E-state index < -0.39 is 6.09 Å². The number of aromatic nitrogens is 5. The quantitative estimate of drug-likeness (QED) is 0.444. The lowest BCUT2D eigenvalue weighted by Gasteiger charge is -2.15. The summed E-state index contributed by atoms with van der Waals surface area (Å²) in [6, 6.07) is 9.95. The van der Waals surface area contributed by atoms with Gasteiger partial charge in [-0.2, -0.15) is 5.10 Å². The average molecular weight is 422 g/mol. The number of nitrogen functional groups attached to an aromatic ring is 2. The molecule has 158 valence electrons. The third kappa shape index (κ3) is 3.80. The number of fused-ring (bicyclic) bond motifs is 1. The van der Waals surface area contributed by atoms with Crippen molar-refractivity contribution < 1.29 is 14.3 Å². The second kappa shape index (κ2) is 7.86. The number of amides is 1. The van der Waals surface area contributed by atoms with Crippen LogP contribution in [0, 0.1) is 5.82 Å². The molecule has 0 bridgehead atoms. The maximum absolute atomic E-state index is 14.2. The van der Waals surface area contributed by atoms with E-state index >= 15 is 0 Å². The molecule has 0 unspecified atom stereocenters. The molecule has 4 rings (SSSR count). The lowest BCUT2D eigenvalue weighted by molar-refractivity contribution is 0.154. The Morgan fingerprint density at radius 3 is 2.55 bits per heavy atom. The number of benzene rings is 1. The van der Waals surface area contributed by atoms with Crippen molar-refractivity contribution >= 4 is 28.8 Å². The monoisotopic (exact) mass is 422 g/mol. The summed E-state index contributed by atoms with van der Waals surface area (Å²) in [7, 11) is 1.39. The van der Waals surface area contributed by atoms with E-state index in [-0.39, 0.29) is 36.4 Å². The van der Waals surface area contributed by atoms with Crippen LogP contribution in [0.3, 0.4) is 0 Å². The van der Waals surface area contributed by atoms with Crippen molar-refractivity contribution in [1.29, 1.82) is 0 Å². The van der Waals surface area contributed by atoms with Crippen LogP contribution in [0.1, 0.15) is 11.1 Å². The SMILES string of the molecule is CN(Cc1c(N)nc(-c2nn(Cc3ccccc3F)c3ncccc23)nc1N)C(=O)O. The van der Waals surface area contributed by atoms with Crippen LogP contribution < -0.4 is 11.5 Å². The molecular weight excluding hydrogens is 403 g/mol. The molecule has 3 aromatic heterocycles. The Balaban J connectivity index is 1.78. The van der Waals surface area contributed by atoms with Crippen LogP contribution in [0.2, 0.25) is 0 Å². The number of hydrogen-bond acceptors (Lipinski definition) is 7. The summed E-state index contributed by atoms with van der Waals surface area (Å²) in [5.74, 6) is -0.0742. The minimum absolute atomic E-state index is 0.0521. The normalized spacial score (nSPS) is 11.0. The number of carbonyl (C=O) groups is 1. The highest BCUT2D eigenvalue weighted by molar-refractivity contribution is 5.89. The molecule has 11 heteroatoms. The Labute approximate surface area is 176 Å². The maximum Gasteiger partial charge on any atom is 0.407 e. The van der Waals surface area contributed by atoms with Gasteiger partial charge in [-0.3, -0.25) is 0 Å². The Hall–Kier alpha value is -4.28. The first-order chi connectivity index (χ1) is 14.8. The third-order valence-electron chi connectivity index (χ3n) is 4.79. The van der Waals surface area contributed by atoms with E-state index in [9.17, 15) is 9.18 Å². The molecule has 0 saturated heterocycles. The van der Waals surface area contributed by atoms with Gasteiger partial charge in [-0.1, -0.05) is 18.2 Å². The van der Waals surface area contributed by atoms with Gasteiger partial charge in [0.2, 0.25) is 0 Å². The van der Waals surface area contributed by atoms with Crippen LogP contribution in [0.5, 0.6) is 0 Å². The Kier molecular flexibility index (Phi) is 5.07. The van der Waals surface area contributed by atoms with Crippen LogP contribution in [-0.2, 0) is 13.1 Å². The molecule has 0 aliphatic heterocycles. The minimum atomic E-state index is -1.13. The van der Waals surface area contributed by atoms with E-state index in [0.29, 0.717) is 27.9 Å². The summed E-state index contributed by atoms with van der Waals surface area (Å²) < 4.78 is 15.7. The summed E-state index contributed by atoms with van der Waals surface area (Å²) in [6.07, 6.45) is 0.479. The van der Waals surface area contributed by atoms with Gasteiger partial charge in [0.15, 0.2) is 11.5 Å². The van der Waals surface area contributed by atoms with Crippen molar-refractivity contribution in [3.63, 3.8) is 0 Å². The summed E-state index contributed by atoms with van der Waals surface area (Å²) in [5.41, 5.74) is 13.8. The van der Waals surface area contributed by atoms with Gasteiger partial charge in [-0.15, -0.1) is 0 Å². The van der Waals surface area contributed by atoms with Gasteiger partial charge in [0, 0.05) is 18.8 Å². The summed E-state index contributed by atoms with van der Waals surface area (Å²) >= 11 is 0. The molecule has 1 amide bonds. The van der Waals surface area contributed by atoms with Gasteiger partial charge in [0.25, 0.3) is 0 Å². The summed E-state index contributed by atoms with van der Waals surface area (Å²) in [6.45, 7) is 0.101. The molecule has 31 heavy (non-hydrogen) atoms. The summed E-state index contributed by atoms with van der Waals surface area (Å²) in [4.78, 5) is 25.1. The highest BCUT2D eigenvalue weighted by Crippen LogP contribution is 2.28. The van der Waals surface area contributed by atoms with Crippen molar-refractivity contribution in [2.45, 2.75) is 13.1 Å². The van der Waals surface area contributed by atoms with Gasteiger partial charge in [0.1, 0.15) is 23.1 Å². The lowest BCUT2D eigenvalue weighted by atomic mass is 10.2. The molecule has 3 heterocycles. The zero-order valence-electron chi connectivity index (χ0n) is 16.5. The van der Waals surface area contributed by atoms with Gasteiger partial charge < -0.3 is 21.5 Å². The molecule has 0 spiro atoms. The Morgan fingerprint density at radius 1 is 1.16 bits per heavy atom. The highest BCUT2D eigenvalue weighted by atomic mass is 19.1. The predicted molar refractivity (Wildman–Crippen MR) is 112 cm³/mol. The minimum Gasteiger partial charge on any atom is -0.465 e. The molecule has 0 radical (unpaired) electrons. The maximum atomic E-state index is 14.2. The number of hydrogen-bond donors (Lipinski definition) is 3. The van der Waals surface area contributed by atoms with E-state index in [0.717, 1.165) is 4.90 Å². The average Bonchev–Trinajstić information content (AvgIpc) is 3.10. The van der Waals surface area contributed by atoms with Gasteiger partial charge >= 0.3 is 6.09 Å². The Bertz CT molecular complexity index is 1270. The fraction of sp³-hybridized carbons (Fsp3) is 0.150. The zero-order valence-corrected chi connectivity index (χ0v) is 16.5. The molecule has 10 nitrogen and oxygen atoms in total. The predicted octanol–water partition coefficient (Wildman–Crippen LogP) is 2.35. The molecule has 5 N–H and O–H groups in total. The number of carboxylic acid groups (broad SMARTS) is 1. The fourth-order valence-corrected chi connectivity index (χ4v) is 3.16. The first kappa shape index (κ1) is 20.0. The highest BCUT2D eigenvalue weighted by Gasteiger charge is 2.20. The van der Waals surface area contributed by atoms with Crippen molar-refractivity contribution in [3.8, 4) is 11.5 Å². The number of pyridine rings is 1. The standard InChI is InChI=1S/C20H19FN8O2/c1-28(20(30)31)10-13-16(22)25-18(26-17(13)23)15-12-6-4-8-24-19(12)29(27-15)9-11-5-2-3-7-14(11)21/h2-8H,9-10H2,1H3,(H,30,31)(H4,22,23,25,26). The molecule has 0 fully saturated rings. The Morgan fingerprint density at radius 2 is 1.87 bits per heavy atom. The topological polar surface area (TPSA) is 149 Å². The van der Waals surface area contributed by atoms with E-state index in [1.165, 1.54) is 13.1 Å². The van der Waals surface area contributed by atoms with E-state index in [1.807, 2.05) is 0 Å². The fourth-order valence-electron chi connectivity index (χ4n) is 3.16. The molecule has 4 aromatic rings. The molecule has 0 atom stereocenters. The molecule has 0 aliphatic rings. The van der Waals surface area contributed by atoms with Crippen molar-refractivity contribution in [2.75, 3.05) is 18.5 Å². The smallest absolute Gasteiger partial charge is 0.407 e. The van der Waals surface area contributed by atoms with Crippen LogP contribution in [0.4, 0.5) is 20.8 Å². The number of rotatable bonds is 5. The van der Waals surface area contributed by atoms with E-state index in [2.05, 4.69) is 20.1 Å². The number of anilines is 2. The van der Waals surface area contributed by atoms with Crippen LogP contribution in [0.25, 0.3) is 22.6 Å². The van der Waals surface area contributed by atoms with Crippen LogP contribution >= 0.6 is 0 Å². The van der Waals surface area contributed by atoms with Crippen LogP contribution in [0.15, 0.2) is 42.6 Å². The molecule has 0 aliphatic carbocycles. The second-order valence-corrected chi connectivity index (χ2v) is 6.91. The third-order valence-corrected chi connectivity index (χ3v) is 4.79. The second-order valence-electron chi connectivity index (χ2n) is 6.91. The summed E-state index contributed by atoms with van der Waals surface area (Å²) in [5, 5.41) is 14.3. The van der Waals surface area contributed by atoms with Crippen molar-refractivity contribution in [2.24, 2.45) is 0 Å². The van der Waals surface area contributed by atoms with E-state index in [1.54, 1.807) is 41.2 Å². The first-order valence-electron chi connectivity index (χ1n) is 9.26. The van der Waals surface area contributed by atoms with Gasteiger partial charge in [-0.25, -0.2) is 28.8 Å². The van der Waals surface area contributed by atoms with E-state index in [4.69, 9.17) is 16.6 Å². The largest absolute Gasteiger partial charge is 0.465 e. The van der Waals surface area contributed by atoms with Crippen molar-refractivity contribution in [3.05, 3.63) is 59.5 Å². The number of nitrogens with zero attached hydrogens (tertiary/aromatic N) is 6. The number of halogens is 1. The van der Waals surface area contributed by atoms with Gasteiger partial charge in [-0.05, 0) is 18.2 Å². The first-order valence-corrected chi connectivity index (χ1v) is 9.26. The molecule has 0 saturated carbocycles. The zero-order chi connectivity index (χ0) is 22.1. The molecule has 1 aromatic carbocycles. The van der Waals surface area contributed by atoms with Gasteiger partial charge in [0.05, 0.1) is 24.0 Å². The van der Waals surface area contributed by atoms with Crippen molar-refractivity contribution in [1.82, 2.24) is 29.6 Å². The number of nitrogens with two attached hydrogens (primary N) is 2. The van der Waals surface area contributed by atoms with Crippen LogP contribution in [-0.4, -0.2) is 47.9 Å².